The van der Waals surface area contributed by atoms with Crippen LogP contribution in [-0.4, -0.2) is 24.7 Å². The van der Waals surface area contributed by atoms with Gasteiger partial charge >= 0.3 is 0 Å². The lowest BCUT2D eigenvalue weighted by atomic mass is 10.0. The summed E-state index contributed by atoms with van der Waals surface area (Å²) in [5.74, 6) is 1.02. The molecule has 4 aromatic rings. The molecule has 0 bridgehead atoms. The Balaban J connectivity index is 1.74. The molecule has 3 aromatic carbocycles. The van der Waals surface area contributed by atoms with E-state index in [0.29, 0.717) is 0 Å². The minimum Gasteiger partial charge on any atom is -0.364 e. The van der Waals surface area contributed by atoms with Gasteiger partial charge in [-0.3, -0.25) is 9.69 Å². The Morgan fingerprint density at radius 2 is 1.58 bits per heavy atom. The number of aryl methyl sites for hydroxylation is 2. The van der Waals surface area contributed by atoms with Crippen LogP contribution in [0.25, 0.3) is 11.0 Å². The van der Waals surface area contributed by atoms with E-state index in [-0.39, 0.29) is 19.2 Å². The molecule has 5 heteroatoms. The summed E-state index contributed by atoms with van der Waals surface area (Å²) in [6, 6.07) is 24.7. The summed E-state index contributed by atoms with van der Waals surface area (Å²) >= 11 is 0. The SMILES string of the molecule is CCc1cccc(CC)c1N(COC)C(=O)C[n+]1c(Cc2ccccc2)[nH]c2ccccc21. The average Bonchev–Trinajstić information content (AvgIpc) is 3.19. The second-order valence-corrected chi connectivity index (χ2v) is 8.21. The number of para-hydroxylation sites is 3. The van der Waals surface area contributed by atoms with Gasteiger partial charge in [0.25, 0.3) is 11.7 Å². The Bertz CT molecular complexity index is 1210. The predicted octanol–water partition coefficient (Wildman–Crippen LogP) is 4.81. The zero-order chi connectivity index (χ0) is 23.2. The Hall–Kier alpha value is -3.44. The van der Waals surface area contributed by atoms with Crippen LogP contribution in [0.1, 0.15) is 36.4 Å². The van der Waals surface area contributed by atoms with Gasteiger partial charge in [-0.1, -0.05) is 74.5 Å². The van der Waals surface area contributed by atoms with Crippen molar-refractivity contribution in [2.24, 2.45) is 0 Å². The molecule has 0 spiro atoms. The summed E-state index contributed by atoms with van der Waals surface area (Å²) in [5.41, 5.74) is 6.55. The van der Waals surface area contributed by atoms with Gasteiger partial charge in [0.2, 0.25) is 0 Å². The number of carbonyl (C=O) groups excluding carboxylic acids is 1. The summed E-state index contributed by atoms with van der Waals surface area (Å²) in [5, 5.41) is 0. The third kappa shape index (κ3) is 4.83. The van der Waals surface area contributed by atoms with Gasteiger partial charge in [-0.25, -0.2) is 9.55 Å². The molecule has 0 fully saturated rings. The molecule has 4 rings (SSSR count). The third-order valence-electron chi connectivity index (χ3n) is 6.10. The van der Waals surface area contributed by atoms with E-state index < -0.39 is 0 Å². The summed E-state index contributed by atoms with van der Waals surface area (Å²) in [6.07, 6.45) is 2.44. The van der Waals surface area contributed by atoms with E-state index in [2.05, 4.69) is 65.9 Å². The van der Waals surface area contributed by atoms with E-state index in [1.165, 1.54) is 5.56 Å². The Morgan fingerprint density at radius 3 is 2.24 bits per heavy atom. The van der Waals surface area contributed by atoms with E-state index in [0.717, 1.165) is 52.9 Å². The van der Waals surface area contributed by atoms with Gasteiger partial charge in [-0.05, 0) is 41.7 Å². The number of fused-ring (bicyclic) bond motifs is 1. The first-order valence-corrected chi connectivity index (χ1v) is 11.6. The number of aromatic nitrogens is 2. The Kier molecular flexibility index (Phi) is 7.20. The number of imidazole rings is 1. The van der Waals surface area contributed by atoms with Crippen LogP contribution in [0.4, 0.5) is 5.69 Å². The van der Waals surface area contributed by atoms with Crippen LogP contribution in [0, 0.1) is 0 Å². The topological polar surface area (TPSA) is 49.2 Å². The molecule has 0 radical (unpaired) electrons. The molecule has 5 nitrogen and oxygen atoms in total. The molecule has 1 amide bonds. The molecule has 0 saturated heterocycles. The van der Waals surface area contributed by atoms with Gasteiger partial charge in [-0.15, -0.1) is 0 Å². The predicted molar refractivity (Wildman–Crippen MR) is 132 cm³/mol. The van der Waals surface area contributed by atoms with Crippen molar-refractivity contribution in [2.45, 2.75) is 39.7 Å². The van der Waals surface area contributed by atoms with E-state index in [4.69, 9.17) is 4.74 Å². The van der Waals surface area contributed by atoms with Crippen molar-refractivity contribution in [3.05, 3.63) is 95.3 Å². The normalized spacial score (nSPS) is 11.1. The largest absolute Gasteiger partial charge is 0.364 e. The second kappa shape index (κ2) is 10.5. The Morgan fingerprint density at radius 1 is 0.909 bits per heavy atom. The maximum absolute atomic E-state index is 13.8. The first kappa shape index (κ1) is 22.7. The van der Waals surface area contributed by atoms with Crippen molar-refractivity contribution in [1.29, 1.82) is 0 Å². The summed E-state index contributed by atoms with van der Waals surface area (Å²) in [6.45, 7) is 4.71. The molecule has 0 aliphatic rings. The maximum Gasteiger partial charge on any atom is 0.271 e. The number of hydrogen-bond donors (Lipinski definition) is 1. The number of benzene rings is 3. The molecule has 1 aromatic heterocycles. The van der Waals surface area contributed by atoms with E-state index in [1.807, 2.05) is 30.3 Å². The van der Waals surface area contributed by atoms with E-state index in [1.54, 1.807) is 12.0 Å². The highest BCUT2D eigenvalue weighted by atomic mass is 16.5. The van der Waals surface area contributed by atoms with Crippen LogP contribution in [0.3, 0.4) is 0 Å². The van der Waals surface area contributed by atoms with Crippen molar-refractivity contribution in [3.8, 4) is 0 Å². The minimum absolute atomic E-state index is 0.0107. The number of amides is 1. The van der Waals surface area contributed by atoms with Crippen molar-refractivity contribution >= 4 is 22.6 Å². The van der Waals surface area contributed by atoms with Crippen molar-refractivity contribution in [1.82, 2.24) is 4.98 Å². The zero-order valence-electron chi connectivity index (χ0n) is 19.7. The molecule has 33 heavy (non-hydrogen) atoms. The molecule has 1 N–H and O–H groups in total. The van der Waals surface area contributed by atoms with E-state index in [9.17, 15) is 4.79 Å². The van der Waals surface area contributed by atoms with Gasteiger partial charge in [0, 0.05) is 7.11 Å². The van der Waals surface area contributed by atoms with Gasteiger partial charge in [0.15, 0.2) is 17.6 Å². The molecule has 0 aliphatic carbocycles. The maximum atomic E-state index is 13.8. The first-order valence-electron chi connectivity index (χ1n) is 11.6. The van der Waals surface area contributed by atoms with Crippen molar-refractivity contribution in [3.63, 3.8) is 0 Å². The summed E-state index contributed by atoms with van der Waals surface area (Å²) in [7, 11) is 1.64. The molecule has 170 valence electrons. The highest BCUT2D eigenvalue weighted by Crippen LogP contribution is 2.27. The van der Waals surface area contributed by atoms with Gasteiger partial charge < -0.3 is 4.74 Å². The number of ether oxygens (including phenoxy) is 1. The summed E-state index contributed by atoms with van der Waals surface area (Å²) < 4.78 is 7.60. The van der Waals surface area contributed by atoms with Crippen molar-refractivity contribution < 1.29 is 14.1 Å². The number of anilines is 1. The van der Waals surface area contributed by atoms with Crippen LogP contribution in [-0.2, 0) is 35.3 Å². The number of nitrogens with one attached hydrogen (secondary N) is 1. The highest BCUT2D eigenvalue weighted by Gasteiger charge is 2.26. The quantitative estimate of drug-likeness (QED) is 0.299. The number of rotatable bonds is 9. The first-order chi connectivity index (χ1) is 16.2. The summed E-state index contributed by atoms with van der Waals surface area (Å²) in [4.78, 5) is 19.1. The zero-order valence-corrected chi connectivity index (χ0v) is 19.7. The minimum atomic E-state index is 0.0107. The van der Waals surface area contributed by atoms with Crippen LogP contribution in [0.15, 0.2) is 72.8 Å². The number of aromatic amines is 1. The fourth-order valence-electron chi connectivity index (χ4n) is 4.47. The van der Waals surface area contributed by atoms with Crippen molar-refractivity contribution in [2.75, 3.05) is 18.7 Å². The molecule has 0 atom stereocenters. The van der Waals surface area contributed by atoms with Crippen LogP contribution < -0.4 is 9.47 Å². The third-order valence-corrected chi connectivity index (χ3v) is 6.10. The lowest BCUT2D eigenvalue weighted by molar-refractivity contribution is -0.665. The molecule has 1 heterocycles. The molecular formula is C28H32N3O2+. The fraction of sp³-hybridized carbons (Fsp3) is 0.286. The second-order valence-electron chi connectivity index (χ2n) is 8.21. The lowest BCUT2D eigenvalue weighted by Gasteiger charge is -2.26. The van der Waals surface area contributed by atoms with Gasteiger partial charge in [0.05, 0.1) is 12.1 Å². The smallest absolute Gasteiger partial charge is 0.271 e. The monoisotopic (exact) mass is 442 g/mol. The molecule has 0 aliphatic heterocycles. The van der Waals surface area contributed by atoms with Crippen LogP contribution in [0.2, 0.25) is 0 Å². The number of methoxy groups -OCH3 is 1. The van der Waals surface area contributed by atoms with E-state index >= 15 is 0 Å². The fourth-order valence-corrected chi connectivity index (χ4v) is 4.47. The number of hydrogen-bond acceptors (Lipinski definition) is 2. The molecule has 0 saturated carbocycles. The van der Waals surface area contributed by atoms with Crippen LogP contribution in [0.5, 0.6) is 0 Å². The molecular weight excluding hydrogens is 410 g/mol. The number of nitrogens with zero attached hydrogens (tertiary/aromatic N) is 2. The number of H-pyrrole nitrogens is 1. The Labute approximate surface area is 195 Å². The standard InChI is InChI=1S/C28H31N3O2/c1-4-22-14-11-15-23(5-2)28(22)31(20-33-3)27(32)19-30-25-17-10-9-16-24(25)29-26(30)18-21-12-7-6-8-13-21/h6-17H,4-5,18-20H2,1-3H3/p+1. The average molecular weight is 443 g/mol. The van der Waals surface area contributed by atoms with Crippen LogP contribution >= 0.6 is 0 Å². The van der Waals surface area contributed by atoms with Gasteiger partial charge in [0.1, 0.15) is 6.73 Å². The number of carbonyl (C=O) groups is 1. The highest BCUT2D eigenvalue weighted by molar-refractivity contribution is 5.94. The molecule has 0 unspecified atom stereocenters. The van der Waals surface area contributed by atoms with Gasteiger partial charge in [-0.2, -0.15) is 0 Å². The lowest BCUT2D eigenvalue weighted by Crippen LogP contribution is -2.47.